The minimum Gasteiger partial charge on any atom is -0.462 e. The molecule has 1 unspecified atom stereocenters. The van der Waals surface area contributed by atoms with E-state index in [-0.39, 0.29) is 31.1 Å². The maximum Gasteiger partial charge on any atom is 0.306 e. The lowest BCUT2D eigenvalue weighted by atomic mass is 10.0. The Morgan fingerprint density at radius 1 is 0.259 bits per heavy atom. The average Bonchev–Trinajstić information content (AvgIpc) is 3.47. The molecular formula is C75H136O6. The van der Waals surface area contributed by atoms with Gasteiger partial charge in [-0.25, -0.2) is 0 Å². The summed E-state index contributed by atoms with van der Waals surface area (Å²) >= 11 is 0. The molecule has 81 heavy (non-hydrogen) atoms. The highest BCUT2D eigenvalue weighted by Crippen LogP contribution is 2.18. The molecule has 1 atom stereocenters. The molecule has 6 heteroatoms. The number of allylic oxidation sites excluding steroid dienone is 10. The van der Waals surface area contributed by atoms with Crippen molar-refractivity contribution in [2.75, 3.05) is 13.2 Å². The number of hydrogen-bond acceptors (Lipinski definition) is 6. The standard InChI is InChI=1S/C75H136O6/c1-4-7-10-13-16-19-22-25-28-31-33-34-35-36-37-38-39-40-42-44-47-50-53-56-59-62-65-68-74(77)80-71-72(70-79-73(76)67-64-61-58-55-52-49-46-43-30-27-24-21-18-15-12-9-6-3)81-75(78)69-66-63-60-57-54-51-48-45-41-32-29-26-23-20-17-14-11-8-5-2/h7,10,16,19,25-26,28-29,33-34,72H,4-6,8-9,11-15,17-18,20-24,27,30-32,35-71H2,1-3H3/b10-7-,19-16-,28-25-,29-26-,34-33-. The fraction of sp³-hybridized carbons (Fsp3) is 0.827. The summed E-state index contributed by atoms with van der Waals surface area (Å²) in [6.07, 6.45) is 89.6. The lowest BCUT2D eigenvalue weighted by Gasteiger charge is -2.18. The average molecular weight is 1130 g/mol. The highest BCUT2D eigenvalue weighted by molar-refractivity contribution is 5.71. The maximum absolute atomic E-state index is 13.0. The van der Waals surface area contributed by atoms with E-state index in [9.17, 15) is 14.4 Å². The molecule has 0 saturated carbocycles. The Labute approximate surface area is 504 Å². The molecule has 472 valence electrons. The van der Waals surface area contributed by atoms with Crippen molar-refractivity contribution in [2.24, 2.45) is 0 Å². The highest BCUT2D eigenvalue weighted by Gasteiger charge is 2.19. The molecule has 0 aromatic carbocycles. The van der Waals surface area contributed by atoms with Gasteiger partial charge in [-0.3, -0.25) is 14.4 Å². The van der Waals surface area contributed by atoms with Crippen LogP contribution in [0.15, 0.2) is 60.8 Å². The van der Waals surface area contributed by atoms with Gasteiger partial charge in [-0.05, 0) is 83.5 Å². The van der Waals surface area contributed by atoms with E-state index in [2.05, 4.69) is 81.5 Å². The van der Waals surface area contributed by atoms with Crippen LogP contribution in [0.1, 0.15) is 380 Å². The molecule has 0 saturated heterocycles. The van der Waals surface area contributed by atoms with Crippen molar-refractivity contribution in [1.82, 2.24) is 0 Å². The van der Waals surface area contributed by atoms with E-state index in [1.807, 2.05) is 0 Å². The van der Waals surface area contributed by atoms with Crippen LogP contribution >= 0.6 is 0 Å². The van der Waals surface area contributed by atoms with Gasteiger partial charge in [0.2, 0.25) is 0 Å². The Hall–Kier alpha value is -2.89. The predicted molar refractivity (Wildman–Crippen MR) is 353 cm³/mol. The van der Waals surface area contributed by atoms with Crippen LogP contribution in [-0.2, 0) is 28.6 Å². The van der Waals surface area contributed by atoms with Crippen LogP contribution in [-0.4, -0.2) is 37.2 Å². The minimum atomic E-state index is -0.774. The van der Waals surface area contributed by atoms with E-state index in [0.29, 0.717) is 19.3 Å². The molecule has 0 aliphatic rings. The zero-order chi connectivity index (χ0) is 58.5. The van der Waals surface area contributed by atoms with Crippen LogP contribution in [0.4, 0.5) is 0 Å². The topological polar surface area (TPSA) is 78.9 Å². The first-order chi connectivity index (χ1) is 40.0. The fourth-order valence-electron chi connectivity index (χ4n) is 10.7. The van der Waals surface area contributed by atoms with E-state index >= 15 is 0 Å². The quantitative estimate of drug-likeness (QED) is 0.0261. The molecule has 0 radical (unpaired) electrons. The lowest BCUT2D eigenvalue weighted by Crippen LogP contribution is -2.30. The number of esters is 3. The van der Waals surface area contributed by atoms with Crippen molar-refractivity contribution < 1.29 is 28.6 Å². The van der Waals surface area contributed by atoms with Crippen LogP contribution in [0.3, 0.4) is 0 Å². The van der Waals surface area contributed by atoms with Crippen molar-refractivity contribution in [1.29, 1.82) is 0 Å². The first kappa shape index (κ1) is 78.1. The summed E-state index contributed by atoms with van der Waals surface area (Å²) in [6.45, 7) is 6.59. The van der Waals surface area contributed by atoms with Crippen molar-refractivity contribution in [2.45, 2.75) is 386 Å². The molecule has 0 bridgehead atoms. The first-order valence-corrected chi connectivity index (χ1v) is 35.8. The zero-order valence-corrected chi connectivity index (χ0v) is 54.3. The molecular weight excluding hydrogens is 997 g/mol. The van der Waals surface area contributed by atoms with Gasteiger partial charge in [0.1, 0.15) is 13.2 Å². The Kier molecular flexibility index (Phi) is 67.1. The fourth-order valence-corrected chi connectivity index (χ4v) is 10.7. The Morgan fingerprint density at radius 3 is 0.765 bits per heavy atom. The molecule has 0 aliphatic carbocycles. The Bertz CT molecular complexity index is 1440. The summed E-state index contributed by atoms with van der Waals surface area (Å²) in [6, 6.07) is 0. The van der Waals surface area contributed by atoms with Gasteiger partial charge in [-0.1, -0.05) is 338 Å². The molecule has 0 heterocycles. The van der Waals surface area contributed by atoms with Crippen molar-refractivity contribution in [3.8, 4) is 0 Å². The van der Waals surface area contributed by atoms with E-state index in [4.69, 9.17) is 14.2 Å². The summed E-state index contributed by atoms with van der Waals surface area (Å²) in [5.74, 6) is -0.845. The summed E-state index contributed by atoms with van der Waals surface area (Å²) in [5.41, 5.74) is 0. The monoisotopic (exact) mass is 1130 g/mol. The van der Waals surface area contributed by atoms with Gasteiger partial charge in [0.25, 0.3) is 0 Å². The molecule has 0 spiro atoms. The lowest BCUT2D eigenvalue weighted by molar-refractivity contribution is -0.167. The van der Waals surface area contributed by atoms with E-state index in [0.717, 1.165) is 83.5 Å². The maximum atomic E-state index is 13.0. The predicted octanol–water partition coefficient (Wildman–Crippen LogP) is 24.7. The summed E-state index contributed by atoms with van der Waals surface area (Å²) < 4.78 is 17.0. The van der Waals surface area contributed by atoms with Crippen LogP contribution < -0.4 is 0 Å². The largest absolute Gasteiger partial charge is 0.462 e. The normalized spacial score (nSPS) is 12.4. The number of rotatable bonds is 66. The smallest absolute Gasteiger partial charge is 0.306 e. The second-order valence-electron chi connectivity index (χ2n) is 24.1. The molecule has 0 rings (SSSR count). The number of carbonyl (C=O) groups is 3. The van der Waals surface area contributed by atoms with Gasteiger partial charge in [0.15, 0.2) is 6.10 Å². The van der Waals surface area contributed by atoms with E-state index in [1.54, 1.807) is 0 Å². The minimum absolute atomic E-state index is 0.0694. The second-order valence-corrected chi connectivity index (χ2v) is 24.1. The molecule has 0 aromatic rings. The number of carbonyl (C=O) groups excluding carboxylic acids is 3. The molecule has 0 aliphatic heterocycles. The third-order valence-electron chi connectivity index (χ3n) is 16.0. The number of unbranched alkanes of at least 4 members (excludes halogenated alkanes) is 45. The van der Waals surface area contributed by atoms with Gasteiger partial charge in [0, 0.05) is 19.3 Å². The number of ether oxygens (including phenoxy) is 3. The summed E-state index contributed by atoms with van der Waals surface area (Å²) in [5, 5.41) is 0. The van der Waals surface area contributed by atoms with Crippen molar-refractivity contribution in [3.63, 3.8) is 0 Å². The molecule has 0 aromatic heterocycles. The van der Waals surface area contributed by atoms with Gasteiger partial charge in [0.05, 0.1) is 0 Å². The molecule has 0 N–H and O–H groups in total. The van der Waals surface area contributed by atoms with Gasteiger partial charge < -0.3 is 14.2 Å². The molecule has 0 fully saturated rings. The number of hydrogen-bond donors (Lipinski definition) is 0. The van der Waals surface area contributed by atoms with Crippen LogP contribution in [0.2, 0.25) is 0 Å². The van der Waals surface area contributed by atoms with Crippen molar-refractivity contribution in [3.05, 3.63) is 60.8 Å². The molecule has 0 amide bonds. The van der Waals surface area contributed by atoms with Crippen LogP contribution in [0, 0.1) is 0 Å². The van der Waals surface area contributed by atoms with Crippen molar-refractivity contribution >= 4 is 17.9 Å². The third kappa shape index (κ3) is 67.8. The van der Waals surface area contributed by atoms with Gasteiger partial charge >= 0.3 is 17.9 Å². The van der Waals surface area contributed by atoms with Crippen LogP contribution in [0.5, 0.6) is 0 Å². The van der Waals surface area contributed by atoms with E-state index < -0.39 is 6.10 Å². The first-order valence-electron chi connectivity index (χ1n) is 35.8. The summed E-state index contributed by atoms with van der Waals surface area (Å²) in [4.78, 5) is 38.5. The second kappa shape index (κ2) is 69.6. The Morgan fingerprint density at radius 2 is 0.481 bits per heavy atom. The van der Waals surface area contributed by atoms with Gasteiger partial charge in [-0.2, -0.15) is 0 Å². The zero-order valence-electron chi connectivity index (χ0n) is 54.3. The highest BCUT2D eigenvalue weighted by atomic mass is 16.6. The van der Waals surface area contributed by atoms with Gasteiger partial charge in [-0.15, -0.1) is 0 Å². The summed E-state index contributed by atoms with van der Waals surface area (Å²) in [7, 11) is 0. The SMILES string of the molecule is CC/C=C\C/C=C\C/C=C\C/C=C\CCCCCCCCCCCCCCCCC(=O)OCC(COC(=O)CCCCCCCCCCCCCCCCCCC)OC(=O)CCCCCCCCCCC/C=C\CCCCCCCC. The van der Waals surface area contributed by atoms with Crippen LogP contribution in [0.25, 0.3) is 0 Å². The Balaban J connectivity index is 4.28. The molecule has 6 nitrogen and oxygen atoms in total. The van der Waals surface area contributed by atoms with E-state index in [1.165, 1.54) is 257 Å². The third-order valence-corrected chi connectivity index (χ3v) is 16.0.